The quantitative estimate of drug-likeness (QED) is 0.691. The van der Waals surface area contributed by atoms with E-state index in [9.17, 15) is 0 Å². The maximum atomic E-state index is 4.64. The van der Waals surface area contributed by atoms with Gasteiger partial charge in [-0.15, -0.1) is 0 Å². The summed E-state index contributed by atoms with van der Waals surface area (Å²) in [7, 11) is 0. The molecular formula is C18H18N2. The monoisotopic (exact) mass is 262 g/mol. The van der Waals surface area contributed by atoms with Crippen molar-refractivity contribution in [2.75, 3.05) is 0 Å². The molecule has 0 radical (unpaired) electrons. The van der Waals surface area contributed by atoms with E-state index in [1.807, 2.05) is 25.1 Å². The fourth-order valence-corrected chi connectivity index (χ4v) is 2.53. The van der Waals surface area contributed by atoms with Crippen LogP contribution in [-0.4, -0.2) is 9.97 Å². The Morgan fingerprint density at radius 2 is 1.65 bits per heavy atom. The van der Waals surface area contributed by atoms with Gasteiger partial charge in [-0.25, -0.2) is 9.97 Å². The van der Waals surface area contributed by atoms with Crippen molar-refractivity contribution in [3.63, 3.8) is 0 Å². The van der Waals surface area contributed by atoms with Crippen LogP contribution < -0.4 is 0 Å². The molecule has 0 atom stereocenters. The van der Waals surface area contributed by atoms with Crippen molar-refractivity contribution in [2.45, 2.75) is 26.7 Å². The lowest BCUT2D eigenvalue weighted by Gasteiger charge is -2.08. The summed E-state index contributed by atoms with van der Waals surface area (Å²) in [5, 5.41) is 1.11. The van der Waals surface area contributed by atoms with E-state index in [4.69, 9.17) is 0 Å². The topological polar surface area (TPSA) is 25.8 Å². The number of rotatable bonds is 3. The molecule has 0 amide bonds. The largest absolute Gasteiger partial charge is 0.233 e. The normalized spacial score (nSPS) is 10.9. The molecule has 3 aromatic rings. The summed E-state index contributed by atoms with van der Waals surface area (Å²) < 4.78 is 0. The zero-order chi connectivity index (χ0) is 13.9. The van der Waals surface area contributed by atoms with Gasteiger partial charge in [0, 0.05) is 10.9 Å². The molecule has 0 N–H and O–H groups in total. The lowest BCUT2D eigenvalue weighted by molar-refractivity contribution is 0.922. The first-order valence-electron chi connectivity index (χ1n) is 7.10. The molecule has 0 aliphatic heterocycles. The highest BCUT2D eigenvalue weighted by Crippen LogP contribution is 2.26. The Morgan fingerprint density at radius 3 is 2.40 bits per heavy atom. The molecule has 20 heavy (non-hydrogen) atoms. The van der Waals surface area contributed by atoms with E-state index < -0.39 is 0 Å². The first-order chi connectivity index (χ1) is 9.78. The average molecular weight is 262 g/mol. The van der Waals surface area contributed by atoms with Crippen molar-refractivity contribution in [2.24, 2.45) is 0 Å². The van der Waals surface area contributed by atoms with Gasteiger partial charge in [0.25, 0.3) is 0 Å². The van der Waals surface area contributed by atoms with Gasteiger partial charge in [0.1, 0.15) is 5.82 Å². The van der Waals surface area contributed by atoms with Crippen molar-refractivity contribution in [1.29, 1.82) is 0 Å². The van der Waals surface area contributed by atoms with Crippen LogP contribution in [0.2, 0.25) is 0 Å². The Labute approximate surface area is 119 Å². The molecule has 1 heterocycles. The van der Waals surface area contributed by atoms with E-state index >= 15 is 0 Å². The van der Waals surface area contributed by atoms with Gasteiger partial charge in [-0.05, 0) is 25.0 Å². The second-order valence-electron chi connectivity index (χ2n) is 5.08. The van der Waals surface area contributed by atoms with Crippen LogP contribution in [-0.2, 0) is 6.42 Å². The van der Waals surface area contributed by atoms with Gasteiger partial charge in [0.15, 0.2) is 0 Å². The van der Waals surface area contributed by atoms with E-state index in [2.05, 4.69) is 47.2 Å². The Kier molecular flexibility index (Phi) is 3.46. The summed E-state index contributed by atoms with van der Waals surface area (Å²) in [4.78, 5) is 9.13. The van der Waals surface area contributed by atoms with Crippen LogP contribution in [0.15, 0.2) is 48.5 Å². The Bertz CT molecular complexity index is 730. The highest BCUT2D eigenvalue weighted by Gasteiger charge is 2.07. The molecule has 0 aliphatic carbocycles. The van der Waals surface area contributed by atoms with Gasteiger partial charge in [-0.2, -0.15) is 0 Å². The summed E-state index contributed by atoms with van der Waals surface area (Å²) in [5.74, 6) is 0.816. The third kappa shape index (κ3) is 2.42. The Hall–Kier alpha value is -2.22. The predicted octanol–water partition coefficient (Wildman–Crippen LogP) is 4.56. The number of nitrogens with zero attached hydrogens (tertiary/aromatic N) is 2. The van der Waals surface area contributed by atoms with Crippen LogP contribution in [0.4, 0.5) is 0 Å². The standard InChI is InChI=1S/C18H18N2/c1-3-6-14-9-11-15(12-10-14)18-16-7-4-5-8-17(16)19-13(2)20-18/h4-5,7-12H,3,6H2,1-2H3. The molecule has 0 aliphatic rings. The van der Waals surface area contributed by atoms with E-state index in [1.165, 1.54) is 12.0 Å². The minimum absolute atomic E-state index is 0.816. The molecular weight excluding hydrogens is 244 g/mol. The average Bonchev–Trinajstić information content (AvgIpc) is 2.47. The van der Waals surface area contributed by atoms with Crippen LogP contribution in [0.25, 0.3) is 22.2 Å². The molecule has 2 aromatic carbocycles. The fourth-order valence-electron chi connectivity index (χ4n) is 2.53. The van der Waals surface area contributed by atoms with Gasteiger partial charge in [0.2, 0.25) is 0 Å². The molecule has 0 spiro atoms. The second kappa shape index (κ2) is 5.41. The SMILES string of the molecule is CCCc1ccc(-c2nc(C)nc3ccccc23)cc1. The number of hydrogen-bond acceptors (Lipinski definition) is 2. The Morgan fingerprint density at radius 1 is 0.900 bits per heavy atom. The highest BCUT2D eigenvalue weighted by molar-refractivity contribution is 5.92. The smallest absolute Gasteiger partial charge is 0.126 e. The van der Waals surface area contributed by atoms with Crippen molar-refractivity contribution < 1.29 is 0 Å². The van der Waals surface area contributed by atoms with Gasteiger partial charge in [-0.3, -0.25) is 0 Å². The molecule has 2 nitrogen and oxygen atoms in total. The maximum absolute atomic E-state index is 4.64. The van der Waals surface area contributed by atoms with Crippen molar-refractivity contribution in [3.05, 3.63) is 59.9 Å². The molecule has 1 aromatic heterocycles. The number of benzene rings is 2. The molecule has 0 saturated carbocycles. The lowest BCUT2D eigenvalue weighted by atomic mass is 10.0. The van der Waals surface area contributed by atoms with Crippen LogP contribution >= 0.6 is 0 Å². The fraction of sp³-hybridized carbons (Fsp3) is 0.222. The van der Waals surface area contributed by atoms with Crippen LogP contribution in [0, 0.1) is 6.92 Å². The number of aromatic nitrogens is 2. The summed E-state index contributed by atoms with van der Waals surface area (Å²) in [6.45, 7) is 4.15. The van der Waals surface area contributed by atoms with Crippen molar-refractivity contribution in [3.8, 4) is 11.3 Å². The predicted molar refractivity (Wildman–Crippen MR) is 83.7 cm³/mol. The van der Waals surface area contributed by atoms with Crippen LogP contribution in [0.1, 0.15) is 24.7 Å². The summed E-state index contributed by atoms with van der Waals surface area (Å²) in [6.07, 6.45) is 2.30. The highest BCUT2D eigenvalue weighted by atomic mass is 14.9. The number of hydrogen-bond donors (Lipinski definition) is 0. The lowest BCUT2D eigenvalue weighted by Crippen LogP contribution is -1.94. The third-order valence-electron chi connectivity index (χ3n) is 3.48. The third-order valence-corrected chi connectivity index (χ3v) is 3.48. The van der Waals surface area contributed by atoms with Gasteiger partial charge >= 0.3 is 0 Å². The van der Waals surface area contributed by atoms with Gasteiger partial charge < -0.3 is 0 Å². The maximum Gasteiger partial charge on any atom is 0.126 e. The minimum Gasteiger partial charge on any atom is -0.233 e. The molecule has 100 valence electrons. The summed E-state index contributed by atoms with van der Waals surface area (Å²) in [5.41, 5.74) is 4.57. The molecule has 2 heteroatoms. The summed E-state index contributed by atoms with van der Waals surface area (Å²) in [6, 6.07) is 16.9. The first-order valence-corrected chi connectivity index (χ1v) is 7.10. The van der Waals surface area contributed by atoms with E-state index in [0.717, 1.165) is 34.4 Å². The first kappa shape index (κ1) is 12.8. The molecule has 0 fully saturated rings. The van der Waals surface area contributed by atoms with Crippen molar-refractivity contribution >= 4 is 10.9 Å². The molecule has 0 saturated heterocycles. The van der Waals surface area contributed by atoms with E-state index in [-0.39, 0.29) is 0 Å². The molecule has 0 unspecified atom stereocenters. The van der Waals surface area contributed by atoms with Gasteiger partial charge in [0.05, 0.1) is 11.2 Å². The molecule has 3 rings (SSSR count). The van der Waals surface area contributed by atoms with Crippen LogP contribution in [0.5, 0.6) is 0 Å². The Balaban J connectivity index is 2.13. The van der Waals surface area contributed by atoms with E-state index in [1.54, 1.807) is 0 Å². The zero-order valence-corrected chi connectivity index (χ0v) is 11.9. The second-order valence-corrected chi connectivity index (χ2v) is 5.08. The van der Waals surface area contributed by atoms with E-state index in [0.29, 0.717) is 0 Å². The number of para-hydroxylation sites is 1. The summed E-state index contributed by atoms with van der Waals surface area (Å²) >= 11 is 0. The van der Waals surface area contributed by atoms with Crippen molar-refractivity contribution in [1.82, 2.24) is 9.97 Å². The minimum atomic E-state index is 0.816. The zero-order valence-electron chi connectivity index (χ0n) is 11.9. The van der Waals surface area contributed by atoms with Crippen LogP contribution in [0.3, 0.4) is 0 Å². The molecule has 0 bridgehead atoms. The number of aryl methyl sites for hydroxylation is 2. The number of fused-ring (bicyclic) bond motifs is 1. The van der Waals surface area contributed by atoms with Gasteiger partial charge in [-0.1, -0.05) is 55.8 Å².